The molecule has 3 aromatic rings. The van der Waals surface area contributed by atoms with Gasteiger partial charge in [-0.25, -0.2) is 9.78 Å². The van der Waals surface area contributed by atoms with Gasteiger partial charge in [0.15, 0.2) is 0 Å². The van der Waals surface area contributed by atoms with Crippen molar-refractivity contribution in [2.24, 2.45) is 0 Å². The number of thiazole rings is 1. The Bertz CT molecular complexity index is 1030. The zero-order chi connectivity index (χ0) is 21.1. The average molecular weight is 426 g/mol. The van der Waals surface area contributed by atoms with Crippen LogP contribution in [0.2, 0.25) is 0 Å². The number of rotatable bonds is 5. The van der Waals surface area contributed by atoms with Gasteiger partial charge in [-0.05, 0) is 38.8 Å². The van der Waals surface area contributed by atoms with Crippen LogP contribution in [-0.2, 0) is 4.74 Å². The van der Waals surface area contributed by atoms with Crippen LogP contribution in [0.1, 0.15) is 58.5 Å². The minimum atomic E-state index is -0.397. The topological polar surface area (TPSA) is 90.2 Å². The second kappa shape index (κ2) is 8.74. The zero-order valence-corrected chi connectivity index (χ0v) is 17.7. The molecule has 2 aromatic heterocycles. The lowest BCUT2D eigenvalue weighted by molar-refractivity contribution is 0.0522. The Morgan fingerprint density at radius 3 is 2.73 bits per heavy atom. The maximum atomic E-state index is 13.5. The van der Waals surface area contributed by atoms with Crippen molar-refractivity contribution >= 4 is 23.2 Å². The minimum absolute atomic E-state index is 0.0547. The summed E-state index contributed by atoms with van der Waals surface area (Å²) in [6.45, 7) is 4.71. The van der Waals surface area contributed by atoms with Crippen molar-refractivity contribution in [1.29, 1.82) is 0 Å². The lowest BCUT2D eigenvalue weighted by atomic mass is 9.90. The molecule has 8 nitrogen and oxygen atoms in total. The van der Waals surface area contributed by atoms with Gasteiger partial charge in [-0.3, -0.25) is 4.79 Å². The average Bonchev–Trinajstić information content (AvgIpc) is 3.46. The summed E-state index contributed by atoms with van der Waals surface area (Å²) in [6.07, 6.45) is 4.96. The molecule has 1 aliphatic heterocycles. The first-order valence-electron chi connectivity index (χ1n) is 9.97. The molecule has 1 amide bonds. The Labute approximate surface area is 178 Å². The van der Waals surface area contributed by atoms with E-state index < -0.39 is 5.97 Å². The van der Waals surface area contributed by atoms with Crippen LogP contribution >= 0.6 is 11.3 Å². The summed E-state index contributed by atoms with van der Waals surface area (Å²) in [5.41, 5.74) is 2.06. The number of amides is 1. The summed E-state index contributed by atoms with van der Waals surface area (Å²) in [5.74, 6) is -0.368. The van der Waals surface area contributed by atoms with E-state index in [4.69, 9.17) is 4.74 Å². The fraction of sp³-hybridized carbons (Fsp3) is 0.381. The summed E-state index contributed by atoms with van der Waals surface area (Å²) in [7, 11) is 0. The number of nitrogens with zero attached hydrogens (tertiary/aromatic N) is 5. The molecule has 1 aliphatic rings. The van der Waals surface area contributed by atoms with Crippen molar-refractivity contribution in [2.75, 3.05) is 13.2 Å². The number of aromatic nitrogens is 4. The largest absolute Gasteiger partial charge is 0.461 e. The van der Waals surface area contributed by atoms with E-state index in [9.17, 15) is 9.59 Å². The number of ether oxygens (including phenoxy) is 1. The Morgan fingerprint density at radius 2 is 1.97 bits per heavy atom. The van der Waals surface area contributed by atoms with Gasteiger partial charge < -0.3 is 9.64 Å². The number of benzene rings is 1. The summed E-state index contributed by atoms with van der Waals surface area (Å²) in [6, 6.07) is 7.46. The standard InChI is InChI=1S/C21H23N5O3S/c1-3-29-21(28)19-24-17(13-30-19)15-9-8-14(2)25(12-15)20(27)16-6-4-5-7-18(16)26-22-10-11-23-26/h4-7,10-11,13-15H,3,8-9,12H2,1-2H3/t14-,15-/m1/s1. The smallest absolute Gasteiger partial charge is 0.367 e. The molecule has 0 saturated carbocycles. The molecule has 0 radical (unpaired) electrons. The summed E-state index contributed by atoms with van der Waals surface area (Å²) in [4.78, 5) is 33.3. The van der Waals surface area contributed by atoms with Crippen LogP contribution in [0.4, 0.5) is 0 Å². The summed E-state index contributed by atoms with van der Waals surface area (Å²) >= 11 is 1.29. The Kier molecular flexibility index (Phi) is 5.89. The van der Waals surface area contributed by atoms with E-state index in [2.05, 4.69) is 22.1 Å². The first-order valence-corrected chi connectivity index (χ1v) is 10.9. The molecular weight excluding hydrogens is 402 g/mol. The van der Waals surface area contributed by atoms with Crippen molar-refractivity contribution in [2.45, 2.75) is 38.6 Å². The molecule has 3 heterocycles. The normalized spacial score (nSPS) is 18.9. The minimum Gasteiger partial charge on any atom is -0.461 e. The molecule has 0 spiro atoms. The molecule has 9 heteroatoms. The van der Waals surface area contributed by atoms with Gasteiger partial charge in [0.05, 0.1) is 35.9 Å². The second-order valence-electron chi connectivity index (χ2n) is 7.21. The molecule has 1 fully saturated rings. The van der Waals surface area contributed by atoms with Gasteiger partial charge in [-0.1, -0.05) is 12.1 Å². The van der Waals surface area contributed by atoms with Crippen LogP contribution in [0, 0.1) is 0 Å². The highest BCUT2D eigenvalue weighted by molar-refractivity contribution is 7.11. The van der Waals surface area contributed by atoms with E-state index in [1.807, 2.05) is 28.5 Å². The van der Waals surface area contributed by atoms with Gasteiger partial charge in [0.25, 0.3) is 5.91 Å². The van der Waals surface area contributed by atoms with Crippen LogP contribution in [0.25, 0.3) is 5.69 Å². The van der Waals surface area contributed by atoms with Gasteiger partial charge in [0, 0.05) is 23.9 Å². The first-order chi connectivity index (χ1) is 14.6. The molecule has 0 aliphatic carbocycles. The monoisotopic (exact) mass is 425 g/mol. The van der Waals surface area contributed by atoms with E-state index >= 15 is 0 Å². The van der Waals surface area contributed by atoms with Crippen molar-refractivity contribution in [3.63, 3.8) is 0 Å². The first kappa shape index (κ1) is 20.2. The highest BCUT2D eigenvalue weighted by Crippen LogP contribution is 2.32. The number of carbonyl (C=O) groups is 2. The number of para-hydroxylation sites is 1. The molecule has 1 saturated heterocycles. The fourth-order valence-electron chi connectivity index (χ4n) is 3.72. The van der Waals surface area contributed by atoms with E-state index in [1.54, 1.807) is 25.4 Å². The number of piperidine rings is 1. The summed E-state index contributed by atoms with van der Waals surface area (Å²) in [5, 5.41) is 10.6. The highest BCUT2D eigenvalue weighted by Gasteiger charge is 2.33. The van der Waals surface area contributed by atoms with Crippen molar-refractivity contribution < 1.29 is 14.3 Å². The lowest BCUT2D eigenvalue weighted by Gasteiger charge is -2.37. The van der Waals surface area contributed by atoms with Crippen LogP contribution < -0.4 is 0 Å². The predicted molar refractivity (Wildman–Crippen MR) is 112 cm³/mol. The molecule has 0 N–H and O–H groups in total. The number of likely N-dealkylation sites (tertiary alicyclic amines) is 1. The predicted octanol–water partition coefficient (Wildman–Crippen LogP) is 3.31. The molecular formula is C21H23N5O3S. The molecule has 0 bridgehead atoms. The molecule has 30 heavy (non-hydrogen) atoms. The maximum Gasteiger partial charge on any atom is 0.367 e. The molecule has 4 rings (SSSR count). The SMILES string of the molecule is CCOC(=O)c1nc([C@@H]2CC[C@@H](C)N(C(=O)c3ccccc3-n3nccn3)C2)cs1. The third-order valence-electron chi connectivity index (χ3n) is 5.30. The highest BCUT2D eigenvalue weighted by atomic mass is 32.1. The number of hydrogen-bond donors (Lipinski definition) is 0. The Morgan fingerprint density at radius 1 is 1.20 bits per heavy atom. The van der Waals surface area contributed by atoms with Gasteiger partial charge in [0.2, 0.25) is 5.01 Å². The zero-order valence-electron chi connectivity index (χ0n) is 16.9. The van der Waals surface area contributed by atoms with Crippen LogP contribution in [0.5, 0.6) is 0 Å². The Balaban J connectivity index is 1.56. The fourth-order valence-corrected chi connectivity index (χ4v) is 4.51. The van der Waals surface area contributed by atoms with Crippen LogP contribution in [-0.4, -0.2) is 55.9 Å². The van der Waals surface area contributed by atoms with E-state index in [-0.39, 0.29) is 17.9 Å². The van der Waals surface area contributed by atoms with Crippen molar-refractivity contribution in [3.8, 4) is 5.69 Å². The number of carbonyl (C=O) groups excluding carboxylic acids is 2. The third kappa shape index (κ3) is 3.97. The summed E-state index contributed by atoms with van der Waals surface area (Å²) < 4.78 is 5.04. The number of esters is 1. The quantitative estimate of drug-likeness (QED) is 0.583. The maximum absolute atomic E-state index is 13.5. The van der Waals surface area contributed by atoms with Crippen LogP contribution in [0.15, 0.2) is 42.0 Å². The molecule has 2 atom stereocenters. The van der Waals surface area contributed by atoms with Gasteiger partial charge in [-0.15, -0.1) is 11.3 Å². The molecule has 156 valence electrons. The van der Waals surface area contributed by atoms with Gasteiger partial charge >= 0.3 is 5.97 Å². The van der Waals surface area contributed by atoms with E-state index in [1.165, 1.54) is 16.1 Å². The lowest BCUT2D eigenvalue weighted by Crippen LogP contribution is -2.45. The van der Waals surface area contributed by atoms with Gasteiger partial charge in [0.1, 0.15) is 0 Å². The third-order valence-corrected chi connectivity index (χ3v) is 6.14. The van der Waals surface area contributed by atoms with E-state index in [0.29, 0.717) is 29.4 Å². The molecule has 1 aromatic carbocycles. The van der Waals surface area contributed by atoms with Gasteiger partial charge in [-0.2, -0.15) is 15.0 Å². The van der Waals surface area contributed by atoms with Crippen molar-refractivity contribution in [3.05, 3.63) is 58.3 Å². The second-order valence-corrected chi connectivity index (χ2v) is 8.07. The molecule has 0 unspecified atom stereocenters. The Hall–Kier alpha value is -3.07. The van der Waals surface area contributed by atoms with Crippen LogP contribution in [0.3, 0.4) is 0 Å². The number of hydrogen-bond acceptors (Lipinski definition) is 7. The van der Waals surface area contributed by atoms with E-state index in [0.717, 1.165) is 18.5 Å². The van der Waals surface area contributed by atoms with Crippen molar-refractivity contribution in [1.82, 2.24) is 24.9 Å².